The van der Waals surface area contributed by atoms with E-state index in [1.54, 1.807) is 22.3 Å². The normalized spacial score (nSPS) is 26.2. The number of piperazine rings is 1. The van der Waals surface area contributed by atoms with Gasteiger partial charge in [0, 0.05) is 55.1 Å². The van der Waals surface area contributed by atoms with Crippen LogP contribution in [0.25, 0.3) is 11.3 Å². The molecule has 0 bridgehead atoms. The molecule has 4 atom stereocenters. The molecular formula is C32H43N5O4S. The molecule has 1 aliphatic carbocycles. The number of Topliss-reactive ketones (excluding diaryl/α,β-unsaturated/α-hetero) is 1. The van der Waals surface area contributed by atoms with Crippen LogP contribution in [0.4, 0.5) is 5.13 Å². The lowest BCUT2D eigenvalue weighted by Gasteiger charge is -2.32. The molecule has 0 radical (unpaired) electrons. The smallest absolute Gasteiger partial charge is 0.249 e. The molecule has 9 nitrogen and oxygen atoms in total. The molecule has 2 amide bonds. The first-order chi connectivity index (χ1) is 20.0. The second-order valence-electron chi connectivity index (χ2n) is 13.6. The number of thiazole rings is 1. The lowest BCUT2D eigenvalue weighted by molar-refractivity contribution is -0.139. The van der Waals surface area contributed by atoms with E-state index in [9.17, 15) is 14.4 Å². The summed E-state index contributed by atoms with van der Waals surface area (Å²) in [6.45, 7) is 10.8. The molecule has 2 aromatic rings. The molecule has 4 fully saturated rings. The number of nitrogens with zero attached hydrogens (tertiary/aromatic N) is 4. The van der Waals surface area contributed by atoms with Gasteiger partial charge in [0.15, 0.2) is 10.9 Å². The highest BCUT2D eigenvalue weighted by Crippen LogP contribution is 2.46. The average Bonchev–Trinajstić information content (AvgIpc) is 3.75. The molecule has 0 unspecified atom stereocenters. The van der Waals surface area contributed by atoms with Crippen LogP contribution in [0.2, 0.25) is 0 Å². The van der Waals surface area contributed by atoms with Crippen molar-refractivity contribution in [2.24, 2.45) is 23.0 Å². The number of benzene rings is 1. The van der Waals surface area contributed by atoms with Crippen molar-refractivity contribution < 1.29 is 19.1 Å². The Morgan fingerprint density at radius 2 is 1.83 bits per heavy atom. The molecule has 10 heteroatoms. The van der Waals surface area contributed by atoms with Gasteiger partial charge in [0.05, 0.1) is 17.7 Å². The van der Waals surface area contributed by atoms with Crippen molar-refractivity contribution in [2.45, 2.75) is 64.5 Å². The van der Waals surface area contributed by atoms with Gasteiger partial charge >= 0.3 is 0 Å². The zero-order chi connectivity index (χ0) is 29.8. The third-order valence-electron chi connectivity index (χ3n) is 9.93. The standard InChI is InChI=1S/C32H43N5O4S/c1-32(2,3)23-16-37(27-25(38)17-41-28(23)27)30(40)26(19-7-5-6-8-19)22-15-20(9-10-21(22)29(33)39)24-18-42-31(34-24)36-13-11-35(4)12-14-36/h9-10,15,18-19,23,26-28H,5-8,11-14,16-17H2,1-4H3,(H2,33,39)/t23-,26+,27-,28-/m1/s1. The van der Waals surface area contributed by atoms with Crippen molar-refractivity contribution in [1.29, 1.82) is 0 Å². The zero-order valence-corrected chi connectivity index (χ0v) is 26.0. The highest BCUT2D eigenvalue weighted by atomic mass is 32.1. The van der Waals surface area contributed by atoms with Gasteiger partial charge < -0.3 is 25.2 Å². The summed E-state index contributed by atoms with van der Waals surface area (Å²) in [5, 5.41) is 3.04. The summed E-state index contributed by atoms with van der Waals surface area (Å²) in [5.74, 6) is -1.10. The van der Waals surface area contributed by atoms with Crippen molar-refractivity contribution in [1.82, 2.24) is 14.8 Å². The molecule has 4 heterocycles. The third kappa shape index (κ3) is 5.37. The maximum absolute atomic E-state index is 14.7. The van der Waals surface area contributed by atoms with Crippen LogP contribution in [0.15, 0.2) is 23.6 Å². The van der Waals surface area contributed by atoms with Crippen LogP contribution >= 0.6 is 11.3 Å². The number of hydrogen-bond donors (Lipinski definition) is 1. The van der Waals surface area contributed by atoms with Gasteiger partial charge in [-0.1, -0.05) is 39.7 Å². The van der Waals surface area contributed by atoms with Gasteiger partial charge in [0.25, 0.3) is 0 Å². The lowest BCUT2D eigenvalue weighted by Crippen LogP contribution is -2.45. The summed E-state index contributed by atoms with van der Waals surface area (Å²) in [4.78, 5) is 51.9. The summed E-state index contributed by atoms with van der Waals surface area (Å²) in [6.07, 6.45) is 3.59. The topological polar surface area (TPSA) is 109 Å². The Balaban J connectivity index is 1.38. The van der Waals surface area contributed by atoms with E-state index in [0.29, 0.717) is 17.7 Å². The highest BCUT2D eigenvalue weighted by molar-refractivity contribution is 7.14. The van der Waals surface area contributed by atoms with E-state index in [1.165, 1.54) is 0 Å². The van der Waals surface area contributed by atoms with Crippen molar-refractivity contribution in [3.8, 4) is 11.3 Å². The maximum atomic E-state index is 14.7. The van der Waals surface area contributed by atoms with Gasteiger partial charge in [0.2, 0.25) is 11.8 Å². The number of carbonyl (C=O) groups is 3. The van der Waals surface area contributed by atoms with Gasteiger partial charge in [0.1, 0.15) is 12.6 Å². The van der Waals surface area contributed by atoms with E-state index < -0.39 is 17.9 Å². The number of likely N-dealkylation sites (N-methyl/N-ethyl adjacent to an activating group) is 1. The largest absolute Gasteiger partial charge is 0.367 e. The number of carbonyl (C=O) groups excluding carboxylic acids is 3. The Hall–Kier alpha value is -2.82. The van der Waals surface area contributed by atoms with Crippen molar-refractivity contribution in [3.63, 3.8) is 0 Å². The molecule has 42 heavy (non-hydrogen) atoms. The van der Waals surface area contributed by atoms with Crippen LogP contribution < -0.4 is 10.6 Å². The maximum Gasteiger partial charge on any atom is 0.249 e. The average molecular weight is 594 g/mol. The minimum atomic E-state index is -0.574. The fraction of sp³-hybridized carbons (Fsp3) is 0.625. The molecule has 1 aromatic carbocycles. The number of aromatic nitrogens is 1. The Labute approximate surface area is 252 Å². The number of nitrogens with two attached hydrogens (primary N) is 1. The van der Waals surface area contributed by atoms with Gasteiger partial charge in [-0.3, -0.25) is 14.4 Å². The first-order valence-electron chi connectivity index (χ1n) is 15.3. The Morgan fingerprint density at radius 3 is 2.50 bits per heavy atom. The van der Waals surface area contributed by atoms with E-state index >= 15 is 0 Å². The Morgan fingerprint density at radius 1 is 1.12 bits per heavy atom. The molecule has 1 aromatic heterocycles. The molecule has 0 spiro atoms. The van der Waals surface area contributed by atoms with Crippen molar-refractivity contribution in [2.75, 3.05) is 51.3 Å². The molecule has 226 valence electrons. The third-order valence-corrected chi connectivity index (χ3v) is 10.8. The summed E-state index contributed by atoms with van der Waals surface area (Å²) < 4.78 is 5.99. The number of amides is 2. The highest BCUT2D eigenvalue weighted by Gasteiger charge is 2.56. The molecule has 3 aliphatic heterocycles. The zero-order valence-electron chi connectivity index (χ0n) is 25.2. The van der Waals surface area contributed by atoms with Crippen molar-refractivity contribution >= 4 is 34.1 Å². The van der Waals surface area contributed by atoms with Gasteiger partial charge in [-0.25, -0.2) is 4.98 Å². The monoisotopic (exact) mass is 593 g/mol. The summed E-state index contributed by atoms with van der Waals surface area (Å²) in [6, 6.07) is 5.03. The quantitative estimate of drug-likeness (QED) is 0.543. The van der Waals surface area contributed by atoms with Crippen LogP contribution in [0.1, 0.15) is 68.3 Å². The number of primary amides is 1. The Kier molecular flexibility index (Phi) is 7.91. The van der Waals surface area contributed by atoms with Crippen molar-refractivity contribution in [3.05, 3.63) is 34.7 Å². The number of fused-ring (bicyclic) bond motifs is 1. The summed E-state index contributed by atoms with van der Waals surface area (Å²) in [5.41, 5.74) is 8.53. The fourth-order valence-corrected chi connectivity index (χ4v) is 8.34. The van der Waals surface area contributed by atoms with E-state index in [4.69, 9.17) is 15.5 Å². The van der Waals surface area contributed by atoms with Gasteiger partial charge in [-0.05, 0) is 48.9 Å². The van der Waals surface area contributed by atoms with Crippen LogP contribution in [0.5, 0.6) is 0 Å². The fourth-order valence-electron chi connectivity index (χ4n) is 7.45. The number of ketones is 1. The molecule has 4 aliphatic rings. The predicted molar refractivity (Wildman–Crippen MR) is 164 cm³/mol. The molecule has 2 N–H and O–H groups in total. The second kappa shape index (κ2) is 11.4. The minimum absolute atomic E-state index is 0.0342. The number of likely N-dealkylation sites (tertiary alicyclic amines) is 1. The van der Waals surface area contributed by atoms with Gasteiger partial charge in [-0.15, -0.1) is 11.3 Å². The van der Waals surface area contributed by atoms with Crippen LogP contribution in [-0.2, 0) is 14.3 Å². The second-order valence-corrected chi connectivity index (χ2v) is 14.5. The van der Waals surface area contributed by atoms with Crippen LogP contribution in [0.3, 0.4) is 0 Å². The van der Waals surface area contributed by atoms with E-state index in [-0.39, 0.29) is 41.7 Å². The van der Waals surface area contributed by atoms with Gasteiger partial charge in [-0.2, -0.15) is 0 Å². The lowest BCUT2D eigenvalue weighted by atomic mass is 9.78. The number of anilines is 1. The van der Waals surface area contributed by atoms with Crippen LogP contribution in [0, 0.1) is 17.3 Å². The SMILES string of the molecule is CN1CCN(c2nc(-c3ccc(C(N)=O)c([C@@H](C(=O)N4C[C@@H](C(C)(C)C)[C@H]5OCC(=O)[C@H]54)C4CCCC4)c3)cs2)CC1. The van der Waals surface area contributed by atoms with E-state index in [0.717, 1.165) is 68.3 Å². The summed E-state index contributed by atoms with van der Waals surface area (Å²) >= 11 is 1.62. The minimum Gasteiger partial charge on any atom is -0.367 e. The van der Waals surface area contributed by atoms with E-state index in [2.05, 4.69) is 43.0 Å². The molecular weight excluding hydrogens is 550 g/mol. The first-order valence-corrected chi connectivity index (χ1v) is 16.2. The van der Waals surface area contributed by atoms with Crippen LogP contribution in [-0.4, -0.2) is 90.9 Å². The Bertz CT molecular complexity index is 1350. The molecule has 6 rings (SSSR count). The first kappa shape index (κ1) is 29.3. The summed E-state index contributed by atoms with van der Waals surface area (Å²) in [7, 11) is 2.13. The predicted octanol–water partition coefficient (Wildman–Crippen LogP) is 3.78. The number of rotatable bonds is 6. The number of hydrogen-bond acceptors (Lipinski definition) is 8. The molecule has 3 saturated heterocycles. The number of ether oxygens (including phenoxy) is 1. The van der Waals surface area contributed by atoms with E-state index in [1.807, 2.05) is 12.1 Å². The molecule has 1 saturated carbocycles.